The predicted molar refractivity (Wildman–Crippen MR) is 167 cm³/mol. The highest BCUT2D eigenvalue weighted by Crippen LogP contribution is 2.26. The van der Waals surface area contributed by atoms with Gasteiger partial charge in [-0.3, -0.25) is 33.7 Å². The second-order valence-electron chi connectivity index (χ2n) is 11.5. The molecule has 12 nitrogen and oxygen atoms in total. The third-order valence-corrected chi connectivity index (χ3v) is 8.53. The summed E-state index contributed by atoms with van der Waals surface area (Å²) in [6.07, 6.45) is 1.68. The first kappa shape index (κ1) is 36.5. The average molecular weight is 633 g/mol. The molecule has 13 heteroatoms. The van der Waals surface area contributed by atoms with Gasteiger partial charge >= 0.3 is 5.97 Å². The quantitative estimate of drug-likeness (QED) is 0.140. The molecule has 0 radical (unpaired) electrons. The molecule has 0 aliphatic carbocycles. The fraction of sp³-hybridized carbons (Fsp3) is 0.581. The van der Waals surface area contributed by atoms with Crippen molar-refractivity contribution in [1.29, 1.82) is 0 Å². The van der Waals surface area contributed by atoms with Gasteiger partial charge in [0.15, 0.2) is 5.78 Å². The summed E-state index contributed by atoms with van der Waals surface area (Å²) in [6.45, 7) is 8.68. The van der Waals surface area contributed by atoms with Gasteiger partial charge in [-0.25, -0.2) is 4.79 Å². The van der Waals surface area contributed by atoms with Gasteiger partial charge in [-0.15, -0.1) is 11.8 Å². The first-order chi connectivity index (χ1) is 20.7. The lowest BCUT2D eigenvalue weighted by molar-refractivity contribution is -0.141. The van der Waals surface area contributed by atoms with Crippen LogP contribution in [0, 0.1) is 18.8 Å². The fourth-order valence-electron chi connectivity index (χ4n) is 4.67. The number of nitrogens with zero attached hydrogens (tertiary/aromatic N) is 1. The van der Waals surface area contributed by atoms with Crippen LogP contribution in [0.15, 0.2) is 24.3 Å². The zero-order valence-electron chi connectivity index (χ0n) is 26.0. The first-order valence-electron chi connectivity index (χ1n) is 14.8. The van der Waals surface area contributed by atoms with Crippen LogP contribution in [-0.2, 0) is 33.6 Å². The number of aliphatic carboxylic acids is 1. The number of hydrogen-bond donors (Lipinski definition) is 4. The number of thioether (sulfide) groups is 1. The van der Waals surface area contributed by atoms with Gasteiger partial charge in [-0.05, 0) is 37.8 Å². The Morgan fingerprint density at radius 1 is 1.00 bits per heavy atom. The van der Waals surface area contributed by atoms with Crippen LogP contribution in [0.1, 0.15) is 71.8 Å². The molecule has 2 rings (SSSR count). The fourth-order valence-corrected chi connectivity index (χ4v) is 5.85. The van der Waals surface area contributed by atoms with Crippen molar-refractivity contribution in [3.05, 3.63) is 29.8 Å². The Bertz CT molecular complexity index is 1220. The third kappa shape index (κ3) is 11.7. The van der Waals surface area contributed by atoms with E-state index in [1.54, 1.807) is 19.1 Å². The number of carbonyl (C=O) groups excluding carboxylic acids is 6. The number of rotatable bonds is 18. The van der Waals surface area contributed by atoms with E-state index in [2.05, 4.69) is 16.0 Å². The van der Waals surface area contributed by atoms with E-state index in [4.69, 9.17) is 0 Å². The van der Waals surface area contributed by atoms with Crippen LogP contribution < -0.4 is 16.0 Å². The summed E-state index contributed by atoms with van der Waals surface area (Å²) in [4.78, 5) is 87.0. The van der Waals surface area contributed by atoms with Crippen LogP contribution in [0.2, 0.25) is 0 Å². The number of carboxylic acid groups (broad SMARTS) is 1. The van der Waals surface area contributed by atoms with Crippen molar-refractivity contribution >= 4 is 58.7 Å². The lowest BCUT2D eigenvalue weighted by atomic mass is 9.92. The summed E-state index contributed by atoms with van der Waals surface area (Å²) in [7, 11) is 0. The Hall–Kier alpha value is -3.74. The average Bonchev–Trinajstić information content (AvgIpc) is 3.21. The highest BCUT2D eigenvalue weighted by Gasteiger charge is 2.39. The number of carbonyl (C=O) groups is 7. The summed E-state index contributed by atoms with van der Waals surface area (Å²) < 4.78 is 0. The van der Waals surface area contributed by atoms with Gasteiger partial charge in [0, 0.05) is 50.1 Å². The molecule has 5 amide bonds. The molecule has 4 atom stereocenters. The van der Waals surface area contributed by atoms with Crippen molar-refractivity contribution in [3.8, 4) is 0 Å². The Kier molecular flexibility index (Phi) is 14.5. The van der Waals surface area contributed by atoms with Crippen LogP contribution in [0.3, 0.4) is 0 Å². The molecule has 1 aromatic rings. The van der Waals surface area contributed by atoms with Crippen LogP contribution in [0.4, 0.5) is 5.69 Å². The minimum Gasteiger partial charge on any atom is -0.480 e. The Morgan fingerprint density at radius 2 is 1.66 bits per heavy atom. The summed E-state index contributed by atoms with van der Waals surface area (Å²) in [5.41, 5.74) is 1.72. The monoisotopic (exact) mass is 632 g/mol. The van der Waals surface area contributed by atoms with E-state index in [0.717, 1.165) is 22.2 Å². The third-order valence-electron chi connectivity index (χ3n) is 7.23. The molecule has 1 saturated heterocycles. The minimum atomic E-state index is -1.22. The molecule has 1 aliphatic rings. The van der Waals surface area contributed by atoms with E-state index >= 15 is 0 Å². The minimum absolute atomic E-state index is 0.0117. The van der Waals surface area contributed by atoms with Crippen LogP contribution in [-0.4, -0.2) is 80.9 Å². The van der Waals surface area contributed by atoms with Gasteiger partial charge < -0.3 is 21.1 Å². The Balaban J connectivity index is 1.74. The number of imide groups is 1. The first-order valence-corrected chi connectivity index (χ1v) is 15.9. The lowest BCUT2D eigenvalue weighted by Gasteiger charge is -2.23. The Morgan fingerprint density at radius 3 is 2.25 bits per heavy atom. The maximum absolute atomic E-state index is 13.0. The molecule has 0 saturated carbocycles. The number of ketones is 1. The van der Waals surface area contributed by atoms with Gasteiger partial charge in [0.2, 0.25) is 29.5 Å². The number of benzene rings is 1. The predicted octanol–water partition coefficient (Wildman–Crippen LogP) is 2.68. The van der Waals surface area contributed by atoms with Crippen LogP contribution in [0.5, 0.6) is 0 Å². The van der Waals surface area contributed by atoms with Gasteiger partial charge in [0.05, 0.1) is 11.3 Å². The molecule has 1 aliphatic heterocycles. The van der Waals surface area contributed by atoms with Gasteiger partial charge in [-0.2, -0.15) is 0 Å². The second kappa shape index (κ2) is 17.5. The van der Waals surface area contributed by atoms with E-state index in [0.29, 0.717) is 24.9 Å². The highest BCUT2D eigenvalue weighted by molar-refractivity contribution is 8.00. The lowest BCUT2D eigenvalue weighted by Crippen LogP contribution is -2.45. The SMILES string of the molecule is CC(=O)N[C@@H](CSC1CC(=O)N(CCCCCC(=O)N[C@H](C(=O)C[C@@H](C)C(=O)Nc2ccc(C)cc2)C(C)C)C1=O)C(=O)O. The van der Waals surface area contributed by atoms with Gasteiger partial charge in [0.25, 0.3) is 0 Å². The van der Waals surface area contributed by atoms with E-state index in [9.17, 15) is 38.7 Å². The Labute approximate surface area is 262 Å². The topological polar surface area (TPSA) is 179 Å². The molecule has 242 valence electrons. The molecule has 1 unspecified atom stereocenters. The molecular weight excluding hydrogens is 588 g/mol. The van der Waals surface area contributed by atoms with Crippen molar-refractivity contribution in [2.75, 3.05) is 17.6 Å². The summed E-state index contributed by atoms with van der Waals surface area (Å²) >= 11 is 1.03. The standard InChI is InChI=1S/C31H44N4O8S/c1-18(2)28(24(37)15-20(4)29(40)33-22-12-10-19(3)11-13-22)34-26(38)9-7-6-8-14-35-27(39)16-25(30(35)41)44-17-23(31(42)43)32-21(5)36/h10-13,18,20,23,25,28H,6-9,14-17H2,1-5H3,(H,32,36)(H,33,40)(H,34,38)(H,42,43)/t20-,23+,25?,28+/m1/s1. The highest BCUT2D eigenvalue weighted by atomic mass is 32.2. The number of Topliss-reactive ketones (excluding diaryl/α,β-unsaturated/α-hetero) is 1. The molecule has 0 bridgehead atoms. The van der Waals surface area contributed by atoms with E-state index in [1.165, 1.54) is 6.92 Å². The van der Waals surface area contributed by atoms with Crippen molar-refractivity contribution in [2.24, 2.45) is 11.8 Å². The zero-order chi connectivity index (χ0) is 33.0. The molecule has 1 heterocycles. The maximum Gasteiger partial charge on any atom is 0.327 e. The smallest absolute Gasteiger partial charge is 0.327 e. The number of likely N-dealkylation sites (tertiary alicyclic amines) is 1. The molecule has 0 spiro atoms. The molecule has 1 aromatic carbocycles. The van der Waals surface area contributed by atoms with Crippen molar-refractivity contribution < 1.29 is 38.7 Å². The van der Waals surface area contributed by atoms with E-state index < -0.39 is 35.1 Å². The number of amides is 5. The second-order valence-corrected chi connectivity index (χ2v) is 12.8. The van der Waals surface area contributed by atoms with E-state index in [1.807, 2.05) is 32.9 Å². The van der Waals surface area contributed by atoms with Crippen molar-refractivity contribution in [2.45, 2.75) is 90.5 Å². The number of aryl methyl sites for hydroxylation is 1. The molecule has 1 fully saturated rings. The summed E-state index contributed by atoms with van der Waals surface area (Å²) in [5, 5.41) is 16.4. The number of nitrogens with one attached hydrogen (secondary N) is 3. The van der Waals surface area contributed by atoms with Gasteiger partial charge in [0.1, 0.15) is 6.04 Å². The van der Waals surface area contributed by atoms with Crippen LogP contribution in [0.25, 0.3) is 0 Å². The van der Waals surface area contributed by atoms with Crippen molar-refractivity contribution in [3.63, 3.8) is 0 Å². The van der Waals surface area contributed by atoms with Gasteiger partial charge in [-0.1, -0.05) is 44.9 Å². The summed E-state index contributed by atoms with van der Waals surface area (Å²) in [5.74, 6) is -4.00. The molecular formula is C31H44N4O8S. The maximum atomic E-state index is 13.0. The molecule has 0 aromatic heterocycles. The van der Waals surface area contributed by atoms with E-state index in [-0.39, 0.29) is 66.9 Å². The molecule has 4 N–H and O–H groups in total. The largest absolute Gasteiger partial charge is 0.480 e. The number of anilines is 1. The summed E-state index contributed by atoms with van der Waals surface area (Å²) in [6, 6.07) is 5.48. The molecule has 44 heavy (non-hydrogen) atoms. The zero-order valence-corrected chi connectivity index (χ0v) is 26.8. The van der Waals surface area contributed by atoms with Crippen LogP contribution >= 0.6 is 11.8 Å². The van der Waals surface area contributed by atoms with Crippen molar-refractivity contribution in [1.82, 2.24) is 15.5 Å². The number of unbranched alkanes of at least 4 members (excludes halogenated alkanes) is 2. The normalized spacial score (nSPS) is 16.8. The number of carboxylic acids is 1. The number of hydrogen-bond acceptors (Lipinski definition) is 8.